The molecule has 5 aromatic rings. The van der Waals surface area contributed by atoms with Gasteiger partial charge in [-0.2, -0.15) is 5.10 Å². The zero-order valence-corrected chi connectivity index (χ0v) is 17.9. The molecule has 0 atom stereocenters. The van der Waals surface area contributed by atoms with Crippen LogP contribution in [-0.2, 0) is 6.54 Å². The van der Waals surface area contributed by atoms with Crippen LogP contribution < -0.4 is 5.32 Å². The molecule has 0 bridgehead atoms. The number of fused-ring (bicyclic) bond motifs is 1. The smallest absolute Gasteiger partial charge is 0.251 e. The van der Waals surface area contributed by atoms with Gasteiger partial charge in [0.1, 0.15) is 0 Å². The Labute approximate surface area is 190 Å². The van der Waals surface area contributed by atoms with E-state index in [1.807, 2.05) is 72.8 Å². The summed E-state index contributed by atoms with van der Waals surface area (Å²) in [4.78, 5) is 12.5. The first-order valence-corrected chi connectivity index (χ1v) is 10.7. The lowest BCUT2D eigenvalue weighted by Crippen LogP contribution is -2.22. The Kier molecular flexibility index (Phi) is 5.44. The van der Waals surface area contributed by atoms with Gasteiger partial charge in [-0.3, -0.25) is 9.89 Å². The molecule has 0 aliphatic carbocycles. The van der Waals surface area contributed by atoms with Gasteiger partial charge in [-0.25, -0.2) is 0 Å². The van der Waals surface area contributed by atoms with Crippen LogP contribution in [0.25, 0.3) is 33.3 Å². The van der Waals surface area contributed by atoms with Crippen molar-refractivity contribution in [3.8, 4) is 22.5 Å². The lowest BCUT2D eigenvalue weighted by Gasteiger charge is -2.07. The van der Waals surface area contributed by atoms with Gasteiger partial charge in [-0.15, -0.1) is 0 Å². The quantitative estimate of drug-likeness (QED) is 0.330. The molecule has 0 saturated carbocycles. The highest BCUT2D eigenvalue weighted by atomic mass is 35.5. The molecule has 0 fully saturated rings. The van der Waals surface area contributed by atoms with Crippen molar-refractivity contribution in [1.29, 1.82) is 0 Å². The van der Waals surface area contributed by atoms with Gasteiger partial charge in [-0.05, 0) is 40.6 Å². The molecule has 0 aliphatic heterocycles. The number of nitrogens with one attached hydrogen (secondary N) is 2. The summed E-state index contributed by atoms with van der Waals surface area (Å²) >= 11 is 6.16. The highest BCUT2D eigenvalue weighted by Crippen LogP contribution is 2.30. The van der Waals surface area contributed by atoms with Gasteiger partial charge < -0.3 is 5.32 Å². The van der Waals surface area contributed by atoms with Gasteiger partial charge in [-0.1, -0.05) is 84.4 Å². The Morgan fingerprint density at radius 2 is 1.62 bits per heavy atom. The predicted molar refractivity (Wildman–Crippen MR) is 130 cm³/mol. The maximum atomic E-state index is 12.5. The third-order valence-corrected chi connectivity index (χ3v) is 5.87. The Bertz CT molecular complexity index is 1400. The van der Waals surface area contributed by atoms with Gasteiger partial charge in [0, 0.05) is 28.3 Å². The second-order valence-corrected chi connectivity index (χ2v) is 7.95. The molecule has 0 saturated heterocycles. The Balaban J connectivity index is 1.33. The van der Waals surface area contributed by atoms with E-state index in [0.29, 0.717) is 17.1 Å². The van der Waals surface area contributed by atoms with E-state index in [-0.39, 0.29) is 5.91 Å². The molecule has 5 heteroatoms. The SMILES string of the molecule is O=C(NCc1ccccc1Cl)c1ccc(-c2cc(-c3cccc4ccccc34)[nH]n2)cc1. The molecule has 4 aromatic carbocycles. The van der Waals surface area contributed by atoms with E-state index >= 15 is 0 Å². The number of nitrogens with zero attached hydrogens (tertiary/aromatic N) is 1. The number of hydrogen-bond acceptors (Lipinski definition) is 2. The fourth-order valence-electron chi connectivity index (χ4n) is 3.78. The molecule has 0 aliphatic rings. The zero-order chi connectivity index (χ0) is 21.9. The first-order chi connectivity index (χ1) is 15.7. The summed E-state index contributed by atoms with van der Waals surface area (Å²) < 4.78 is 0. The summed E-state index contributed by atoms with van der Waals surface area (Å²) in [5, 5.41) is 13.6. The summed E-state index contributed by atoms with van der Waals surface area (Å²) in [7, 11) is 0. The molecule has 156 valence electrons. The van der Waals surface area contributed by atoms with Crippen LogP contribution in [0, 0.1) is 0 Å². The van der Waals surface area contributed by atoms with Crippen molar-refractivity contribution in [2.45, 2.75) is 6.54 Å². The standard InChI is InChI=1S/C27H20ClN3O/c28-24-11-4-2-7-21(24)17-29-27(32)20-14-12-19(13-15-20)25-16-26(31-30-25)23-10-5-8-18-6-1-3-9-22(18)23/h1-16H,17H2,(H,29,32)(H,30,31). The third-order valence-electron chi connectivity index (χ3n) is 5.50. The number of amides is 1. The van der Waals surface area contributed by atoms with E-state index in [1.165, 1.54) is 10.8 Å². The lowest BCUT2D eigenvalue weighted by atomic mass is 10.0. The van der Waals surface area contributed by atoms with Gasteiger partial charge in [0.15, 0.2) is 0 Å². The number of halogens is 1. The summed E-state index contributed by atoms with van der Waals surface area (Å²) in [6.45, 7) is 0.383. The number of benzene rings is 4. The van der Waals surface area contributed by atoms with E-state index in [4.69, 9.17) is 11.6 Å². The van der Waals surface area contributed by atoms with E-state index in [9.17, 15) is 4.79 Å². The molecule has 5 rings (SSSR count). The Morgan fingerprint density at radius 1 is 0.875 bits per heavy atom. The fraction of sp³-hybridized carbons (Fsp3) is 0.0370. The number of hydrogen-bond donors (Lipinski definition) is 2. The van der Waals surface area contributed by atoms with Gasteiger partial charge in [0.05, 0.1) is 11.4 Å². The van der Waals surface area contributed by atoms with Crippen LogP contribution in [0.1, 0.15) is 15.9 Å². The largest absolute Gasteiger partial charge is 0.348 e. The first kappa shape index (κ1) is 20.0. The van der Waals surface area contributed by atoms with Gasteiger partial charge >= 0.3 is 0 Å². The highest BCUT2D eigenvalue weighted by Gasteiger charge is 2.11. The van der Waals surface area contributed by atoms with Crippen molar-refractivity contribution in [2.24, 2.45) is 0 Å². The van der Waals surface area contributed by atoms with Crippen molar-refractivity contribution in [2.75, 3.05) is 0 Å². The molecule has 1 amide bonds. The fourth-order valence-corrected chi connectivity index (χ4v) is 3.98. The van der Waals surface area contributed by atoms with E-state index in [2.05, 4.69) is 39.8 Å². The van der Waals surface area contributed by atoms with Crippen LogP contribution in [-0.4, -0.2) is 16.1 Å². The normalized spacial score (nSPS) is 10.9. The molecular weight excluding hydrogens is 418 g/mol. The summed E-state index contributed by atoms with van der Waals surface area (Å²) in [5.74, 6) is -0.144. The molecule has 1 aromatic heterocycles. The third kappa shape index (κ3) is 4.01. The monoisotopic (exact) mass is 437 g/mol. The molecule has 0 radical (unpaired) electrons. The second kappa shape index (κ2) is 8.69. The molecule has 0 spiro atoms. The maximum absolute atomic E-state index is 12.5. The van der Waals surface area contributed by atoms with Crippen LogP contribution in [0.4, 0.5) is 0 Å². The Hall–Kier alpha value is -3.89. The van der Waals surface area contributed by atoms with Crippen molar-refractivity contribution in [3.05, 3.63) is 113 Å². The van der Waals surface area contributed by atoms with E-state index in [0.717, 1.165) is 28.1 Å². The van der Waals surface area contributed by atoms with Crippen LogP contribution in [0.15, 0.2) is 97.1 Å². The Morgan fingerprint density at radius 3 is 2.47 bits per heavy atom. The minimum atomic E-state index is -0.144. The molecule has 1 heterocycles. The number of H-pyrrole nitrogens is 1. The lowest BCUT2D eigenvalue weighted by molar-refractivity contribution is 0.0951. The topological polar surface area (TPSA) is 57.8 Å². The number of aromatic amines is 1. The average molecular weight is 438 g/mol. The predicted octanol–water partition coefficient (Wildman–Crippen LogP) is 6.48. The maximum Gasteiger partial charge on any atom is 0.251 e. The van der Waals surface area contributed by atoms with Gasteiger partial charge in [0.25, 0.3) is 5.91 Å². The zero-order valence-electron chi connectivity index (χ0n) is 17.2. The highest BCUT2D eigenvalue weighted by molar-refractivity contribution is 6.31. The molecular formula is C27H20ClN3O. The second-order valence-electron chi connectivity index (χ2n) is 7.55. The van der Waals surface area contributed by atoms with Crippen LogP contribution in [0.2, 0.25) is 5.02 Å². The molecule has 0 unspecified atom stereocenters. The van der Waals surface area contributed by atoms with Crippen LogP contribution >= 0.6 is 11.6 Å². The van der Waals surface area contributed by atoms with Crippen molar-refractivity contribution < 1.29 is 4.79 Å². The molecule has 4 nitrogen and oxygen atoms in total. The number of carbonyl (C=O) groups is 1. The van der Waals surface area contributed by atoms with Crippen LogP contribution in [0.5, 0.6) is 0 Å². The average Bonchev–Trinajstić information content (AvgIpc) is 3.33. The minimum absolute atomic E-state index is 0.144. The molecule has 2 N–H and O–H groups in total. The number of rotatable bonds is 5. The van der Waals surface area contributed by atoms with E-state index < -0.39 is 0 Å². The van der Waals surface area contributed by atoms with Crippen LogP contribution in [0.3, 0.4) is 0 Å². The summed E-state index contributed by atoms with van der Waals surface area (Å²) in [6, 6.07) is 31.5. The molecule has 32 heavy (non-hydrogen) atoms. The van der Waals surface area contributed by atoms with Crippen molar-refractivity contribution in [1.82, 2.24) is 15.5 Å². The number of carbonyl (C=O) groups excluding carboxylic acids is 1. The van der Waals surface area contributed by atoms with Crippen molar-refractivity contribution in [3.63, 3.8) is 0 Å². The number of aromatic nitrogens is 2. The first-order valence-electron chi connectivity index (χ1n) is 10.3. The summed E-state index contributed by atoms with van der Waals surface area (Å²) in [6.07, 6.45) is 0. The van der Waals surface area contributed by atoms with Gasteiger partial charge in [0.2, 0.25) is 0 Å². The summed E-state index contributed by atoms with van der Waals surface area (Å²) in [5.41, 5.74) is 5.31. The van der Waals surface area contributed by atoms with E-state index in [1.54, 1.807) is 0 Å². The minimum Gasteiger partial charge on any atom is -0.348 e. The van der Waals surface area contributed by atoms with Crippen molar-refractivity contribution >= 4 is 28.3 Å².